The van der Waals surface area contributed by atoms with Gasteiger partial charge in [-0.15, -0.1) is 0 Å². The Morgan fingerprint density at radius 1 is 1.41 bits per heavy atom. The highest BCUT2D eigenvalue weighted by Gasteiger charge is 2.25. The molecule has 2 rings (SSSR count). The highest BCUT2D eigenvalue weighted by molar-refractivity contribution is 7.89. The zero-order chi connectivity index (χ0) is 16.3. The Bertz CT molecular complexity index is 700. The fraction of sp³-hybridized carbons (Fsp3) is 0.385. The third-order valence-electron chi connectivity index (χ3n) is 3.12. The van der Waals surface area contributed by atoms with Gasteiger partial charge in [-0.3, -0.25) is 9.59 Å². The van der Waals surface area contributed by atoms with Crippen LogP contribution in [0.15, 0.2) is 23.1 Å². The van der Waals surface area contributed by atoms with Gasteiger partial charge in [0, 0.05) is 6.42 Å². The van der Waals surface area contributed by atoms with Gasteiger partial charge in [-0.25, -0.2) is 8.42 Å². The molecule has 22 heavy (non-hydrogen) atoms. The van der Waals surface area contributed by atoms with Crippen LogP contribution in [0.4, 0.5) is 5.69 Å². The quantitative estimate of drug-likeness (QED) is 0.797. The summed E-state index contributed by atoms with van der Waals surface area (Å²) in [4.78, 5) is 23.8. The molecule has 9 heteroatoms. The number of carboxylic acid groups (broad SMARTS) is 1. The van der Waals surface area contributed by atoms with Gasteiger partial charge in [-0.05, 0) is 18.2 Å². The van der Waals surface area contributed by atoms with Gasteiger partial charge < -0.3 is 14.7 Å². The van der Waals surface area contributed by atoms with Crippen molar-refractivity contribution in [1.29, 1.82) is 0 Å². The average molecular weight is 328 g/mol. The van der Waals surface area contributed by atoms with Crippen LogP contribution in [0, 0.1) is 0 Å². The second-order valence-corrected chi connectivity index (χ2v) is 6.36. The molecule has 0 spiro atoms. The molecule has 0 fully saturated rings. The molecule has 1 heterocycles. The zero-order valence-electron chi connectivity index (χ0n) is 11.9. The van der Waals surface area contributed by atoms with Crippen LogP contribution in [0.3, 0.4) is 0 Å². The summed E-state index contributed by atoms with van der Waals surface area (Å²) in [5.74, 6) is -1.00. The Morgan fingerprint density at radius 3 is 2.77 bits per heavy atom. The zero-order valence-corrected chi connectivity index (χ0v) is 12.7. The minimum atomic E-state index is -3.97. The molecule has 0 aliphatic carbocycles. The number of benzene rings is 1. The second-order valence-electron chi connectivity index (χ2n) is 4.60. The first kappa shape index (κ1) is 16.2. The van der Waals surface area contributed by atoms with Crippen LogP contribution in [0.5, 0.6) is 5.75 Å². The summed E-state index contributed by atoms with van der Waals surface area (Å²) in [7, 11) is -3.97. The maximum absolute atomic E-state index is 12.0. The Hall–Kier alpha value is -2.13. The number of carboxylic acids is 1. The molecule has 8 nitrogen and oxygen atoms in total. The number of aliphatic carboxylic acids is 1. The lowest BCUT2D eigenvalue weighted by Crippen LogP contribution is -2.37. The van der Waals surface area contributed by atoms with Gasteiger partial charge in [0.2, 0.25) is 15.9 Å². The number of carbonyl (C=O) groups excluding carboxylic acids is 1. The summed E-state index contributed by atoms with van der Waals surface area (Å²) < 4.78 is 31.5. The second kappa shape index (κ2) is 6.32. The molecule has 0 saturated heterocycles. The number of hydrogen-bond donors (Lipinski definition) is 2. The highest BCUT2D eigenvalue weighted by Crippen LogP contribution is 2.34. The maximum atomic E-state index is 12.0. The average Bonchev–Trinajstić information content (AvgIpc) is 2.51. The van der Waals surface area contributed by atoms with Crippen molar-refractivity contribution in [3.63, 3.8) is 0 Å². The summed E-state index contributed by atoms with van der Waals surface area (Å²) in [6.45, 7) is 1.67. The highest BCUT2D eigenvalue weighted by atomic mass is 32.2. The number of nitrogens with one attached hydrogen (secondary N) is 1. The summed E-state index contributed by atoms with van der Waals surface area (Å²) in [6, 6.07) is 4.08. The first-order chi connectivity index (χ1) is 10.3. The van der Waals surface area contributed by atoms with Crippen LogP contribution in [-0.2, 0) is 19.6 Å². The van der Waals surface area contributed by atoms with Crippen molar-refractivity contribution >= 4 is 27.6 Å². The Balaban J connectivity index is 2.37. The fourth-order valence-electron chi connectivity index (χ4n) is 2.05. The number of nitrogens with zero attached hydrogens (tertiary/aromatic N) is 1. The van der Waals surface area contributed by atoms with E-state index in [-0.39, 0.29) is 17.2 Å². The van der Waals surface area contributed by atoms with Crippen molar-refractivity contribution in [2.24, 2.45) is 0 Å². The normalized spacial score (nSPS) is 14.1. The summed E-state index contributed by atoms with van der Waals surface area (Å²) >= 11 is 0. The molecule has 1 aliphatic heterocycles. The lowest BCUT2D eigenvalue weighted by molar-refractivity contribution is -0.135. The third kappa shape index (κ3) is 3.37. The Morgan fingerprint density at radius 2 is 2.14 bits per heavy atom. The maximum Gasteiger partial charge on any atom is 0.318 e. The summed E-state index contributed by atoms with van der Waals surface area (Å²) in [5, 5.41) is 8.56. The van der Waals surface area contributed by atoms with Gasteiger partial charge in [-0.1, -0.05) is 6.92 Å². The lowest BCUT2D eigenvalue weighted by Gasteiger charge is -2.29. The van der Waals surface area contributed by atoms with E-state index in [1.807, 2.05) is 4.72 Å². The van der Waals surface area contributed by atoms with Crippen LogP contribution in [0.25, 0.3) is 0 Å². The van der Waals surface area contributed by atoms with E-state index in [0.717, 1.165) is 0 Å². The number of amides is 1. The van der Waals surface area contributed by atoms with Crippen molar-refractivity contribution in [2.75, 3.05) is 24.6 Å². The molecule has 0 radical (unpaired) electrons. The number of carbonyl (C=O) groups is 2. The van der Waals surface area contributed by atoms with E-state index >= 15 is 0 Å². The Kier molecular flexibility index (Phi) is 4.67. The van der Waals surface area contributed by atoms with Crippen LogP contribution < -0.4 is 14.4 Å². The van der Waals surface area contributed by atoms with E-state index in [0.29, 0.717) is 24.6 Å². The molecule has 2 N–H and O–H groups in total. The van der Waals surface area contributed by atoms with Crippen LogP contribution in [0.1, 0.15) is 13.3 Å². The van der Waals surface area contributed by atoms with E-state index in [1.54, 1.807) is 6.92 Å². The number of anilines is 1. The van der Waals surface area contributed by atoms with Gasteiger partial charge >= 0.3 is 5.97 Å². The molecule has 120 valence electrons. The van der Waals surface area contributed by atoms with Gasteiger partial charge in [0.05, 0.1) is 17.1 Å². The molecule has 0 atom stereocenters. The number of ether oxygens (including phenoxy) is 1. The molecule has 1 amide bonds. The number of hydrogen-bond acceptors (Lipinski definition) is 5. The van der Waals surface area contributed by atoms with Crippen molar-refractivity contribution < 1.29 is 27.9 Å². The van der Waals surface area contributed by atoms with Gasteiger partial charge in [0.1, 0.15) is 18.9 Å². The van der Waals surface area contributed by atoms with Crippen LogP contribution in [-0.4, -0.2) is 45.1 Å². The van der Waals surface area contributed by atoms with Crippen LogP contribution >= 0.6 is 0 Å². The van der Waals surface area contributed by atoms with E-state index in [2.05, 4.69) is 0 Å². The van der Waals surface area contributed by atoms with Gasteiger partial charge in [0.15, 0.2) is 0 Å². The standard InChI is InChI=1S/C13H16N2O6S/c1-2-12(16)15-5-6-21-11-4-3-9(7-10(11)15)22(19,20)14-8-13(17)18/h3-4,7,14H,2,5-6,8H2,1H3,(H,17,18). The number of rotatable bonds is 5. The lowest BCUT2D eigenvalue weighted by atomic mass is 10.2. The van der Waals surface area contributed by atoms with E-state index in [4.69, 9.17) is 9.84 Å². The van der Waals surface area contributed by atoms with Crippen molar-refractivity contribution in [1.82, 2.24) is 4.72 Å². The molecule has 0 saturated carbocycles. The third-order valence-corrected chi connectivity index (χ3v) is 4.52. The van der Waals surface area contributed by atoms with E-state index < -0.39 is 22.5 Å². The van der Waals surface area contributed by atoms with Crippen molar-refractivity contribution in [2.45, 2.75) is 18.2 Å². The van der Waals surface area contributed by atoms with Gasteiger partial charge in [-0.2, -0.15) is 4.72 Å². The topological polar surface area (TPSA) is 113 Å². The minimum absolute atomic E-state index is 0.119. The molecule has 1 aliphatic rings. The summed E-state index contributed by atoms with van der Waals surface area (Å²) in [6.07, 6.45) is 0.285. The SMILES string of the molecule is CCC(=O)N1CCOc2ccc(S(=O)(=O)NCC(=O)O)cc21. The monoisotopic (exact) mass is 328 g/mol. The molecular formula is C13H16N2O6S. The van der Waals surface area contributed by atoms with Gasteiger partial charge in [0.25, 0.3) is 0 Å². The molecule has 0 bridgehead atoms. The Labute approximate surface area is 127 Å². The predicted octanol–water partition coefficient (Wildman–Crippen LogP) is 0.185. The van der Waals surface area contributed by atoms with Crippen molar-refractivity contribution in [3.8, 4) is 5.75 Å². The smallest absolute Gasteiger partial charge is 0.318 e. The number of fused-ring (bicyclic) bond motifs is 1. The fourth-order valence-corrected chi connectivity index (χ4v) is 3.05. The van der Waals surface area contributed by atoms with E-state index in [9.17, 15) is 18.0 Å². The molecular weight excluding hydrogens is 312 g/mol. The van der Waals surface area contributed by atoms with Crippen molar-refractivity contribution in [3.05, 3.63) is 18.2 Å². The predicted molar refractivity (Wildman–Crippen MR) is 77.4 cm³/mol. The first-order valence-corrected chi connectivity index (χ1v) is 8.12. The largest absolute Gasteiger partial charge is 0.490 e. The number of sulfonamides is 1. The van der Waals surface area contributed by atoms with Crippen LogP contribution in [0.2, 0.25) is 0 Å². The molecule has 1 aromatic carbocycles. The molecule has 1 aromatic rings. The first-order valence-electron chi connectivity index (χ1n) is 6.64. The van der Waals surface area contributed by atoms with E-state index in [1.165, 1.54) is 23.1 Å². The molecule has 0 aromatic heterocycles. The minimum Gasteiger partial charge on any atom is -0.490 e. The summed E-state index contributed by atoms with van der Waals surface area (Å²) in [5.41, 5.74) is 0.372. The molecule has 0 unspecified atom stereocenters.